The minimum atomic E-state index is -0.0334. The third-order valence-corrected chi connectivity index (χ3v) is 4.38. The van der Waals surface area contributed by atoms with E-state index >= 15 is 0 Å². The highest BCUT2D eigenvalue weighted by molar-refractivity contribution is 7.14. The van der Waals surface area contributed by atoms with Crippen LogP contribution in [0.3, 0.4) is 0 Å². The lowest BCUT2D eigenvalue weighted by atomic mass is 10.1. The van der Waals surface area contributed by atoms with Gasteiger partial charge in [0.15, 0.2) is 5.13 Å². The zero-order valence-corrected chi connectivity index (χ0v) is 13.9. The number of carbonyl (C=O) groups excluding carboxylic acids is 1. The van der Waals surface area contributed by atoms with Crippen molar-refractivity contribution in [3.05, 3.63) is 70.6 Å². The highest BCUT2D eigenvalue weighted by atomic mass is 35.5. The molecule has 0 unspecified atom stereocenters. The van der Waals surface area contributed by atoms with E-state index in [2.05, 4.69) is 10.3 Å². The molecule has 1 aromatic heterocycles. The van der Waals surface area contributed by atoms with Crippen LogP contribution < -0.4 is 5.32 Å². The van der Waals surface area contributed by atoms with Crippen molar-refractivity contribution < 1.29 is 4.79 Å². The van der Waals surface area contributed by atoms with Crippen molar-refractivity contribution >= 4 is 34.0 Å². The number of nitrogens with zero attached hydrogens (tertiary/aromatic N) is 1. The quantitative estimate of drug-likeness (QED) is 0.706. The van der Waals surface area contributed by atoms with Gasteiger partial charge >= 0.3 is 0 Å². The largest absolute Gasteiger partial charge is 0.302 e. The van der Waals surface area contributed by atoms with E-state index < -0.39 is 0 Å². The predicted octanol–water partition coefficient (Wildman–Crippen LogP) is 5.03. The molecule has 3 rings (SSSR count). The van der Waals surface area contributed by atoms with E-state index in [4.69, 9.17) is 11.6 Å². The van der Waals surface area contributed by atoms with Gasteiger partial charge in [0.05, 0.1) is 5.69 Å². The van der Waals surface area contributed by atoms with E-state index in [0.717, 1.165) is 16.8 Å². The second-order valence-corrected chi connectivity index (χ2v) is 6.37. The molecule has 116 valence electrons. The van der Waals surface area contributed by atoms with Gasteiger partial charge < -0.3 is 5.32 Å². The van der Waals surface area contributed by atoms with Crippen LogP contribution >= 0.6 is 22.9 Å². The number of amides is 1. The Bertz CT molecular complexity index is 784. The van der Waals surface area contributed by atoms with Gasteiger partial charge in [0, 0.05) is 22.4 Å². The lowest BCUT2D eigenvalue weighted by Crippen LogP contribution is -2.12. The molecule has 2 aromatic carbocycles. The van der Waals surface area contributed by atoms with Crippen LogP contribution in [0.1, 0.15) is 12.0 Å². The van der Waals surface area contributed by atoms with Crippen molar-refractivity contribution in [2.24, 2.45) is 0 Å². The first kappa shape index (κ1) is 15.7. The van der Waals surface area contributed by atoms with Crippen LogP contribution in [0, 0.1) is 0 Å². The Kier molecular flexibility index (Phi) is 5.05. The zero-order chi connectivity index (χ0) is 16.1. The van der Waals surface area contributed by atoms with Gasteiger partial charge in [-0.1, -0.05) is 54.1 Å². The second kappa shape index (κ2) is 7.40. The summed E-state index contributed by atoms with van der Waals surface area (Å²) in [7, 11) is 0. The zero-order valence-electron chi connectivity index (χ0n) is 12.3. The first-order valence-electron chi connectivity index (χ1n) is 7.26. The van der Waals surface area contributed by atoms with Crippen LogP contribution in [0.15, 0.2) is 60.0 Å². The van der Waals surface area contributed by atoms with Crippen LogP contribution in [0.25, 0.3) is 11.3 Å². The van der Waals surface area contributed by atoms with E-state index in [1.807, 2.05) is 60.0 Å². The second-order valence-electron chi connectivity index (χ2n) is 5.08. The number of benzene rings is 2. The number of anilines is 1. The maximum atomic E-state index is 12.0. The van der Waals surface area contributed by atoms with Gasteiger partial charge in [0.1, 0.15) is 0 Å². The molecule has 0 radical (unpaired) electrons. The number of thiazole rings is 1. The number of rotatable bonds is 5. The summed E-state index contributed by atoms with van der Waals surface area (Å²) in [5.74, 6) is -0.0334. The molecule has 0 fully saturated rings. The lowest BCUT2D eigenvalue weighted by molar-refractivity contribution is -0.116. The van der Waals surface area contributed by atoms with Gasteiger partial charge in [0.2, 0.25) is 5.91 Å². The summed E-state index contributed by atoms with van der Waals surface area (Å²) in [5, 5.41) is 6.14. The van der Waals surface area contributed by atoms with Gasteiger partial charge in [-0.05, 0) is 24.1 Å². The maximum Gasteiger partial charge on any atom is 0.226 e. The predicted molar refractivity (Wildman–Crippen MR) is 96.0 cm³/mol. The summed E-state index contributed by atoms with van der Waals surface area (Å²) in [6.45, 7) is 0. The number of carbonyl (C=O) groups is 1. The SMILES string of the molecule is O=C(CCc1ccc(Cl)cc1)Nc1nc(-c2ccccc2)cs1. The molecule has 0 atom stereocenters. The molecule has 0 saturated carbocycles. The Morgan fingerprint density at radius 2 is 1.83 bits per heavy atom. The van der Waals surface area contributed by atoms with Gasteiger partial charge in [-0.2, -0.15) is 0 Å². The molecule has 0 saturated heterocycles. The van der Waals surface area contributed by atoms with Crippen LogP contribution in [0.5, 0.6) is 0 Å². The van der Waals surface area contributed by atoms with Crippen molar-refractivity contribution in [3.63, 3.8) is 0 Å². The standard InChI is InChI=1S/C18H15ClN2OS/c19-15-9-6-13(7-10-15)8-11-17(22)21-18-20-16(12-23-18)14-4-2-1-3-5-14/h1-7,9-10,12H,8,11H2,(H,20,21,22). The summed E-state index contributed by atoms with van der Waals surface area (Å²) < 4.78 is 0. The maximum absolute atomic E-state index is 12.0. The molecular formula is C18H15ClN2OS. The van der Waals surface area contributed by atoms with Crippen LogP contribution in [0.4, 0.5) is 5.13 Å². The lowest BCUT2D eigenvalue weighted by Gasteiger charge is -2.02. The third kappa shape index (κ3) is 4.41. The van der Waals surface area contributed by atoms with E-state index in [0.29, 0.717) is 23.0 Å². The molecule has 0 bridgehead atoms. The summed E-state index contributed by atoms with van der Waals surface area (Å²) in [6.07, 6.45) is 1.10. The number of aromatic nitrogens is 1. The fourth-order valence-electron chi connectivity index (χ4n) is 2.16. The number of hydrogen-bond donors (Lipinski definition) is 1. The highest BCUT2D eigenvalue weighted by Gasteiger charge is 2.08. The van der Waals surface area contributed by atoms with Gasteiger partial charge in [-0.25, -0.2) is 4.98 Å². The van der Waals surface area contributed by atoms with Gasteiger partial charge in [-0.3, -0.25) is 4.79 Å². The molecule has 23 heavy (non-hydrogen) atoms. The van der Waals surface area contributed by atoms with Crippen LogP contribution in [-0.4, -0.2) is 10.9 Å². The molecule has 0 aliphatic carbocycles. The molecule has 1 amide bonds. The number of halogens is 1. The molecular weight excluding hydrogens is 328 g/mol. The Balaban J connectivity index is 1.56. The average molecular weight is 343 g/mol. The minimum absolute atomic E-state index is 0.0334. The molecule has 0 spiro atoms. The molecule has 0 aliphatic heterocycles. The Morgan fingerprint density at radius 1 is 1.09 bits per heavy atom. The normalized spacial score (nSPS) is 10.5. The monoisotopic (exact) mass is 342 g/mol. The number of hydrogen-bond acceptors (Lipinski definition) is 3. The van der Waals surface area contributed by atoms with Crippen molar-refractivity contribution in [1.29, 1.82) is 0 Å². The summed E-state index contributed by atoms with van der Waals surface area (Å²) in [6, 6.07) is 17.5. The fraction of sp³-hybridized carbons (Fsp3) is 0.111. The topological polar surface area (TPSA) is 42.0 Å². The average Bonchev–Trinajstić information content (AvgIpc) is 3.04. The molecule has 3 nitrogen and oxygen atoms in total. The molecule has 1 N–H and O–H groups in total. The Hall–Kier alpha value is -2.17. The van der Waals surface area contributed by atoms with E-state index in [1.54, 1.807) is 0 Å². The van der Waals surface area contributed by atoms with Crippen molar-refractivity contribution in [3.8, 4) is 11.3 Å². The van der Waals surface area contributed by atoms with Crippen molar-refractivity contribution in [2.45, 2.75) is 12.8 Å². The number of nitrogens with one attached hydrogen (secondary N) is 1. The van der Waals surface area contributed by atoms with Crippen LogP contribution in [0.2, 0.25) is 5.02 Å². The van der Waals surface area contributed by atoms with Gasteiger partial charge in [-0.15, -0.1) is 11.3 Å². The Labute approximate surface area is 144 Å². The number of aryl methyl sites for hydroxylation is 1. The van der Waals surface area contributed by atoms with Gasteiger partial charge in [0.25, 0.3) is 0 Å². The fourth-order valence-corrected chi connectivity index (χ4v) is 3.03. The molecule has 5 heteroatoms. The van der Waals surface area contributed by atoms with Crippen molar-refractivity contribution in [2.75, 3.05) is 5.32 Å². The van der Waals surface area contributed by atoms with Crippen molar-refractivity contribution in [1.82, 2.24) is 4.98 Å². The van der Waals surface area contributed by atoms with E-state index in [1.165, 1.54) is 11.3 Å². The summed E-state index contributed by atoms with van der Waals surface area (Å²) in [4.78, 5) is 16.5. The van der Waals surface area contributed by atoms with E-state index in [-0.39, 0.29) is 5.91 Å². The minimum Gasteiger partial charge on any atom is -0.302 e. The highest BCUT2D eigenvalue weighted by Crippen LogP contribution is 2.24. The molecule has 3 aromatic rings. The smallest absolute Gasteiger partial charge is 0.226 e. The third-order valence-electron chi connectivity index (χ3n) is 3.37. The molecule has 0 aliphatic rings. The van der Waals surface area contributed by atoms with Crippen LogP contribution in [-0.2, 0) is 11.2 Å². The molecule has 1 heterocycles. The Morgan fingerprint density at radius 3 is 2.57 bits per heavy atom. The first-order valence-corrected chi connectivity index (χ1v) is 8.52. The summed E-state index contributed by atoms with van der Waals surface area (Å²) in [5.41, 5.74) is 3.02. The first-order chi connectivity index (χ1) is 11.2. The summed E-state index contributed by atoms with van der Waals surface area (Å²) >= 11 is 7.28. The van der Waals surface area contributed by atoms with E-state index in [9.17, 15) is 4.79 Å².